The van der Waals surface area contributed by atoms with Crippen LogP contribution in [0.15, 0.2) is 76.5 Å². The first-order valence-corrected chi connectivity index (χ1v) is 11.4. The van der Waals surface area contributed by atoms with Crippen molar-refractivity contribution in [3.63, 3.8) is 0 Å². The lowest BCUT2D eigenvalue weighted by atomic mass is 9.81. The van der Waals surface area contributed by atoms with Crippen LogP contribution >= 0.6 is 23.8 Å². The first kappa shape index (κ1) is 22.3. The summed E-state index contributed by atoms with van der Waals surface area (Å²) in [5, 5.41) is 7.34. The summed E-state index contributed by atoms with van der Waals surface area (Å²) >= 11 is 11.8. The van der Waals surface area contributed by atoms with Gasteiger partial charge in [-0.25, -0.2) is 0 Å². The third-order valence-electron chi connectivity index (χ3n) is 5.73. The Balaban J connectivity index is 1.63. The Morgan fingerprint density at radius 2 is 1.91 bits per heavy atom. The molecule has 0 amide bonds. The maximum atomic E-state index is 13.3. The summed E-state index contributed by atoms with van der Waals surface area (Å²) < 4.78 is 5.46. The minimum atomic E-state index is 0.0351. The minimum Gasteiger partial charge on any atom is -0.467 e. The highest BCUT2D eigenvalue weighted by atomic mass is 35.5. The molecule has 0 bridgehead atoms. The minimum absolute atomic E-state index is 0.0351. The number of thiocarbonyl (C=S) groups is 1. The van der Waals surface area contributed by atoms with Crippen LogP contribution in [0.3, 0.4) is 0 Å². The van der Waals surface area contributed by atoms with Gasteiger partial charge in [0.1, 0.15) is 10.7 Å². The van der Waals surface area contributed by atoms with Crippen LogP contribution in [0, 0.1) is 13.8 Å². The van der Waals surface area contributed by atoms with E-state index in [1.54, 1.807) is 12.3 Å². The number of benzene rings is 2. The van der Waals surface area contributed by atoms with Crippen molar-refractivity contribution in [2.24, 2.45) is 0 Å². The lowest BCUT2D eigenvalue weighted by Crippen LogP contribution is -2.31. The van der Waals surface area contributed by atoms with E-state index in [-0.39, 0.29) is 11.7 Å². The van der Waals surface area contributed by atoms with E-state index >= 15 is 0 Å². The summed E-state index contributed by atoms with van der Waals surface area (Å²) in [6.45, 7) is 4.51. The molecule has 32 heavy (non-hydrogen) atoms. The van der Waals surface area contributed by atoms with Crippen molar-refractivity contribution in [1.29, 1.82) is 0 Å². The van der Waals surface area contributed by atoms with Crippen LogP contribution in [-0.2, 0) is 11.3 Å². The second-order valence-corrected chi connectivity index (χ2v) is 8.98. The molecule has 1 heterocycles. The smallest absolute Gasteiger partial charge is 0.168 e. The molecule has 0 fully saturated rings. The number of hydrogen-bond acceptors (Lipinski definition) is 4. The largest absolute Gasteiger partial charge is 0.467 e. The molecule has 3 aromatic rings. The fraction of sp³-hybridized carbons (Fsp3) is 0.231. The van der Waals surface area contributed by atoms with E-state index in [0.29, 0.717) is 35.0 Å². The molecule has 2 N–H and O–H groups in total. The third kappa shape index (κ3) is 5.12. The van der Waals surface area contributed by atoms with Gasteiger partial charge in [-0.3, -0.25) is 4.79 Å². The zero-order valence-electron chi connectivity index (χ0n) is 18.1. The predicted octanol–water partition coefficient (Wildman–Crippen LogP) is 6.48. The van der Waals surface area contributed by atoms with E-state index in [2.05, 4.69) is 41.8 Å². The van der Waals surface area contributed by atoms with Gasteiger partial charge in [0.15, 0.2) is 5.78 Å². The van der Waals surface area contributed by atoms with Crippen molar-refractivity contribution < 1.29 is 9.21 Å². The number of furan rings is 1. The molecule has 1 aliphatic carbocycles. The van der Waals surface area contributed by atoms with Gasteiger partial charge in [0.25, 0.3) is 0 Å². The molecule has 0 saturated carbocycles. The number of aryl methyl sites for hydroxylation is 2. The van der Waals surface area contributed by atoms with Crippen molar-refractivity contribution in [1.82, 2.24) is 5.32 Å². The Morgan fingerprint density at radius 1 is 1.12 bits per heavy atom. The van der Waals surface area contributed by atoms with Gasteiger partial charge in [0.2, 0.25) is 0 Å². The fourth-order valence-corrected chi connectivity index (χ4v) is 4.55. The molecule has 164 valence electrons. The van der Waals surface area contributed by atoms with E-state index < -0.39 is 0 Å². The molecule has 0 spiro atoms. The van der Waals surface area contributed by atoms with Crippen molar-refractivity contribution in [3.8, 4) is 0 Å². The van der Waals surface area contributed by atoms with Gasteiger partial charge in [-0.05, 0) is 67.6 Å². The number of halogens is 1. The van der Waals surface area contributed by atoms with Crippen LogP contribution in [-0.4, -0.2) is 10.8 Å². The standard InChI is InChI=1S/C26H25ClN2O2S/c1-16-5-7-18(8-6-16)19-13-23(28-15-21-4-3-11-31-21)25(24(30)14-19)26(32)29-22-10-9-20(27)12-17(22)2/h3-12,19,28H,13-15H2,1-2H3,(H,29,32)/t19-/m0/s1. The summed E-state index contributed by atoms with van der Waals surface area (Å²) in [4.78, 5) is 13.7. The van der Waals surface area contributed by atoms with Gasteiger partial charge >= 0.3 is 0 Å². The van der Waals surface area contributed by atoms with Gasteiger partial charge in [-0.15, -0.1) is 0 Å². The normalized spacial score (nSPS) is 16.2. The van der Waals surface area contributed by atoms with Crippen LogP contribution in [0.1, 0.15) is 41.2 Å². The lowest BCUT2D eigenvalue weighted by molar-refractivity contribution is -0.115. The van der Waals surface area contributed by atoms with Crippen molar-refractivity contribution in [2.75, 3.05) is 5.32 Å². The van der Waals surface area contributed by atoms with E-state index in [1.807, 2.05) is 31.2 Å². The van der Waals surface area contributed by atoms with Gasteiger partial charge in [0, 0.05) is 22.8 Å². The number of ketones is 1. The highest BCUT2D eigenvalue weighted by Gasteiger charge is 2.31. The molecular weight excluding hydrogens is 440 g/mol. The quantitative estimate of drug-likeness (QED) is 0.409. The first-order valence-electron chi connectivity index (χ1n) is 10.6. The molecule has 4 rings (SSSR count). The van der Waals surface area contributed by atoms with E-state index in [4.69, 9.17) is 28.2 Å². The zero-order valence-corrected chi connectivity index (χ0v) is 19.6. The Bertz CT molecular complexity index is 1170. The van der Waals surface area contributed by atoms with Crippen LogP contribution in [0.4, 0.5) is 5.69 Å². The maximum Gasteiger partial charge on any atom is 0.168 e. The van der Waals surface area contributed by atoms with Gasteiger partial charge in [-0.1, -0.05) is 53.6 Å². The lowest BCUT2D eigenvalue weighted by Gasteiger charge is -2.28. The molecule has 0 radical (unpaired) electrons. The Hall–Kier alpha value is -2.89. The van der Waals surface area contributed by atoms with Crippen LogP contribution in [0.25, 0.3) is 0 Å². The number of Topliss-reactive ketones (excluding diaryl/α,β-unsaturated/α-hetero) is 1. The summed E-state index contributed by atoms with van der Waals surface area (Å²) in [6, 6.07) is 17.7. The van der Waals surface area contributed by atoms with Crippen molar-refractivity contribution in [3.05, 3.63) is 99.6 Å². The highest BCUT2D eigenvalue weighted by molar-refractivity contribution is 7.81. The SMILES string of the molecule is Cc1ccc([C@@H]2CC(=O)C(C(=S)Nc3ccc(Cl)cc3C)=C(NCc3ccco3)C2)cc1. The van der Waals surface area contributed by atoms with E-state index in [1.165, 1.54) is 5.56 Å². The molecule has 2 aromatic carbocycles. The van der Waals surface area contributed by atoms with E-state index in [0.717, 1.165) is 28.3 Å². The molecule has 1 aromatic heterocycles. The Labute approximate surface area is 198 Å². The number of rotatable bonds is 6. The van der Waals surface area contributed by atoms with Crippen molar-refractivity contribution in [2.45, 2.75) is 39.2 Å². The van der Waals surface area contributed by atoms with Gasteiger partial charge in [-0.2, -0.15) is 0 Å². The van der Waals surface area contributed by atoms with Crippen LogP contribution < -0.4 is 10.6 Å². The topological polar surface area (TPSA) is 54.3 Å². The van der Waals surface area contributed by atoms with Gasteiger partial charge in [0.05, 0.1) is 18.4 Å². The van der Waals surface area contributed by atoms with E-state index in [9.17, 15) is 4.79 Å². The molecular formula is C26H25ClN2O2S. The number of allylic oxidation sites excluding steroid dienone is 1. The maximum absolute atomic E-state index is 13.3. The average molecular weight is 465 g/mol. The molecule has 4 nitrogen and oxygen atoms in total. The number of carbonyl (C=O) groups is 1. The second-order valence-electron chi connectivity index (χ2n) is 8.14. The fourth-order valence-electron chi connectivity index (χ4n) is 3.97. The number of carbonyl (C=O) groups excluding carboxylic acids is 1. The predicted molar refractivity (Wildman–Crippen MR) is 133 cm³/mol. The first-order chi connectivity index (χ1) is 15.4. The van der Waals surface area contributed by atoms with Gasteiger partial charge < -0.3 is 15.1 Å². The van der Waals surface area contributed by atoms with Crippen LogP contribution in [0.2, 0.25) is 5.02 Å². The molecule has 0 saturated heterocycles. The molecule has 1 atom stereocenters. The summed E-state index contributed by atoms with van der Waals surface area (Å²) in [6.07, 6.45) is 2.76. The second kappa shape index (κ2) is 9.72. The Kier molecular flexibility index (Phi) is 6.77. The molecule has 0 unspecified atom stereocenters. The molecule has 6 heteroatoms. The summed E-state index contributed by atoms with van der Waals surface area (Å²) in [5.41, 5.74) is 5.55. The number of anilines is 1. The van der Waals surface area contributed by atoms with Crippen molar-refractivity contribution >= 4 is 40.3 Å². The highest BCUT2D eigenvalue weighted by Crippen LogP contribution is 2.35. The third-order valence-corrected chi connectivity index (χ3v) is 6.27. The summed E-state index contributed by atoms with van der Waals surface area (Å²) in [7, 11) is 0. The Morgan fingerprint density at radius 3 is 2.59 bits per heavy atom. The summed E-state index contributed by atoms with van der Waals surface area (Å²) in [5.74, 6) is 0.938. The number of nitrogens with one attached hydrogen (secondary N) is 2. The number of hydrogen-bond donors (Lipinski definition) is 2. The zero-order chi connectivity index (χ0) is 22.7. The molecule has 0 aliphatic heterocycles. The average Bonchev–Trinajstić information content (AvgIpc) is 3.28. The monoisotopic (exact) mass is 464 g/mol. The van der Waals surface area contributed by atoms with Crippen LogP contribution in [0.5, 0.6) is 0 Å². The molecule has 1 aliphatic rings.